The summed E-state index contributed by atoms with van der Waals surface area (Å²) in [5.41, 5.74) is 1.79. The second-order valence-electron chi connectivity index (χ2n) is 6.97. The molecule has 0 spiro atoms. The van der Waals surface area contributed by atoms with Crippen molar-refractivity contribution < 1.29 is 9.53 Å². The quantitative estimate of drug-likeness (QED) is 0.453. The van der Waals surface area contributed by atoms with E-state index in [4.69, 9.17) is 21.3 Å². The average molecular weight is 433 g/mol. The maximum absolute atomic E-state index is 13.6. The number of carbonyl (C=O) groups is 1. The normalized spacial score (nSPS) is 19.0. The van der Waals surface area contributed by atoms with Crippen molar-refractivity contribution in [1.82, 2.24) is 9.55 Å². The van der Waals surface area contributed by atoms with Crippen molar-refractivity contribution in [1.29, 1.82) is 0 Å². The second-order valence-corrected chi connectivity index (χ2v) is 9.66. The SMILES string of the molecule is O=C1OCC[C@@H]1Sc1nc2sc3c(c2c(=O)n1-c1ccc(Cl)cc1)CCCC3. The molecule has 1 aliphatic heterocycles. The van der Waals surface area contributed by atoms with E-state index in [-0.39, 0.29) is 16.8 Å². The number of nitrogens with zero attached hydrogens (tertiary/aromatic N) is 2. The molecular weight excluding hydrogens is 416 g/mol. The number of ether oxygens (including phenoxy) is 1. The van der Waals surface area contributed by atoms with E-state index in [0.29, 0.717) is 28.9 Å². The number of hydrogen-bond acceptors (Lipinski definition) is 6. The highest BCUT2D eigenvalue weighted by molar-refractivity contribution is 8.00. The summed E-state index contributed by atoms with van der Waals surface area (Å²) in [6.07, 6.45) is 4.81. The molecule has 0 saturated carbocycles. The monoisotopic (exact) mass is 432 g/mol. The fourth-order valence-electron chi connectivity index (χ4n) is 3.79. The van der Waals surface area contributed by atoms with E-state index in [0.717, 1.165) is 41.5 Å². The topological polar surface area (TPSA) is 61.2 Å². The number of aromatic nitrogens is 2. The minimum atomic E-state index is -0.336. The summed E-state index contributed by atoms with van der Waals surface area (Å²) in [5.74, 6) is -0.243. The molecule has 1 saturated heterocycles. The molecule has 0 unspecified atom stereocenters. The maximum Gasteiger partial charge on any atom is 0.319 e. The van der Waals surface area contributed by atoms with Crippen molar-refractivity contribution in [3.63, 3.8) is 0 Å². The number of esters is 1. The Bertz CT molecular complexity index is 1140. The zero-order valence-corrected chi connectivity index (χ0v) is 17.3. The molecule has 3 aromatic rings. The molecular formula is C20H17ClN2O3S2. The van der Waals surface area contributed by atoms with Crippen LogP contribution in [0.2, 0.25) is 5.02 Å². The zero-order chi connectivity index (χ0) is 19.3. The first-order valence-electron chi connectivity index (χ1n) is 9.28. The largest absolute Gasteiger partial charge is 0.465 e. The van der Waals surface area contributed by atoms with E-state index in [1.54, 1.807) is 28.0 Å². The van der Waals surface area contributed by atoms with Gasteiger partial charge in [0.1, 0.15) is 10.1 Å². The summed E-state index contributed by atoms with van der Waals surface area (Å²) in [7, 11) is 0. The summed E-state index contributed by atoms with van der Waals surface area (Å²) in [5, 5.41) is 1.53. The number of thioether (sulfide) groups is 1. The highest BCUT2D eigenvalue weighted by atomic mass is 35.5. The maximum atomic E-state index is 13.6. The van der Waals surface area contributed by atoms with E-state index in [9.17, 15) is 9.59 Å². The van der Waals surface area contributed by atoms with Crippen molar-refractivity contribution in [2.24, 2.45) is 0 Å². The van der Waals surface area contributed by atoms with Crippen molar-refractivity contribution in [2.75, 3.05) is 6.61 Å². The Balaban J connectivity index is 1.73. The number of carbonyl (C=O) groups excluding carboxylic acids is 1. The van der Waals surface area contributed by atoms with Crippen molar-refractivity contribution >= 4 is 50.9 Å². The van der Waals surface area contributed by atoms with Crippen LogP contribution in [0.1, 0.15) is 29.7 Å². The molecule has 0 bridgehead atoms. The predicted octanol–water partition coefficient (Wildman–Crippen LogP) is 4.39. The highest BCUT2D eigenvalue weighted by Crippen LogP contribution is 2.36. The Morgan fingerprint density at radius 3 is 2.71 bits per heavy atom. The van der Waals surface area contributed by atoms with Crippen LogP contribution in [0.25, 0.3) is 15.9 Å². The van der Waals surface area contributed by atoms with Crippen LogP contribution in [-0.2, 0) is 22.4 Å². The van der Waals surface area contributed by atoms with Gasteiger partial charge in [0.05, 0.1) is 17.7 Å². The van der Waals surface area contributed by atoms with Crippen LogP contribution in [0.15, 0.2) is 34.2 Å². The third-order valence-electron chi connectivity index (χ3n) is 5.18. The first-order valence-corrected chi connectivity index (χ1v) is 11.4. The van der Waals surface area contributed by atoms with Crippen LogP contribution in [0.5, 0.6) is 0 Å². The molecule has 5 rings (SSSR count). The molecule has 2 aliphatic rings. The Kier molecular flexibility index (Phi) is 4.69. The number of thiophene rings is 1. The van der Waals surface area contributed by atoms with Crippen LogP contribution in [-0.4, -0.2) is 27.4 Å². The van der Waals surface area contributed by atoms with Gasteiger partial charge in [0.2, 0.25) is 0 Å². The lowest BCUT2D eigenvalue weighted by atomic mass is 9.97. The molecule has 144 valence electrons. The van der Waals surface area contributed by atoms with Crippen molar-refractivity contribution in [3.05, 3.63) is 50.1 Å². The number of hydrogen-bond donors (Lipinski definition) is 0. The lowest BCUT2D eigenvalue weighted by Crippen LogP contribution is -2.23. The molecule has 5 nitrogen and oxygen atoms in total. The molecule has 0 N–H and O–H groups in total. The van der Waals surface area contributed by atoms with Gasteiger partial charge in [0.15, 0.2) is 5.16 Å². The van der Waals surface area contributed by atoms with Gasteiger partial charge < -0.3 is 4.74 Å². The Morgan fingerprint density at radius 1 is 1.18 bits per heavy atom. The number of benzene rings is 1. The van der Waals surface area contributed by atoms with Gasteiger partial charge in [-0.25, -0.2) is 4.98 Å². The van der Waals surface area contributed by atoms with E-state index >= 15 is 0 Å². The van der Waals surface area contributed by atoms with Gasteiger partial charge in [-0.05, 0) is 55.5 Å². The van der Waals surface area contributed by atoms with E-state index < -0.39 is 0 Å². The zero-order valence-electron chi connectivity index (χ0n) is 14.9. The highest BCUT2D eigenvalue weighted by Gasteiger charge is 2.31. The molecule has 3 heterocycles. The van der Waals surface area contributed by atoms with Crippen LogP contribution in [0.4, 0.5) is 0 Å². The summed E-state index contributed by atoms with van der Waals surface area (Å²) in [4.78, 5) is 32.5. The van der Waals surface area contributed by atoms with Gasteiger partial charge >= 0.3 is 5.97 Å². The second kappa shape index (κ2) is 7.21. The van der Waals surface area contributed by atoms with Crippen molar-refractivity contribution in [3.8, 4) is 5.69 Å². The van der Waals surface area contributed by atoms with Gasteiger partial charge in [-0.15, -0.1) is 11.3 Å². The third kappa shape index (κ3) is 3.06. The molecule has 2 aromatic heterocycles. The minimum Gasteiger partial charge on any atom is -0.465 e. The van der Waals surface area contributed by atoms with E-state index in [1.807, 2.05) is 12.1 Å². The fourth-order valence-corrected chi connectivity index (χ4v) is 6.30. The molecule has 1 aromatic carbocycles. The van der Waals surface area contributed by atoms with Gasteiger partial charge in [-0.2, -0.15) is 0 Å². The molecule has 0 radical (unpaired) electrons. The van der Waals surface area contributed by atoms with Gasteiger partial charge in [-0.3, -0.25) is 14.2 Å². The third-order valence-corrected chi connectivity index (χ3v) is 7.81. The summed E-state index contributed by atoms with van der Waals surface area (Å²) in [6.45, 7) is 0.414. The average Bonchev–Trinajstić information content (AvgIpc) is 3.26. The summed E-state index contributed by atoms with van der Waals surface area (Å²) in [6, 6.07) is 7.14. The number of aryl methyl sites for hydroxylation is 2. The predicted molar refractivity (Wildman–Crippen MR) is 112 cm³/mol. The first kappa shape index (κ1) is 18.2. The van der Waals surface area contributed by atoms with Crippen LogP contribution < -0.4 is 5.56 Å². The summed E-state index contributed by atoms with van der Waals surface area (Å²) >= 11 is 8.97. The molecule has 1 fully saturated rings. The molecule has 8 heteroatoms. The molecule has 1 atom stereocenters. The van der Waals surface area contributed by atoms with Crippen LogP contribution in [0.3, 0.4) is 0 Å². The molecule has 1 aliphatic carbocycles. The minimum absolute atomic E-state index is 0.0689. The number of halogens is 1. The van der Waals surface area contributed by atoms with Crippen LogP contribution >= 0.6 is 34.7 Å². The molecule has 28 heavy (non-hydrogen) atoms. The first-order chi connectivity index (χ1) is 13.6. The lowest BCUT2D eigenvalue weighted by Gasteiger charge is -2.14. The molecule has 0 amide bonds. The van der Waals surface area contributed by atoms with E-state index in [2.05, 4.69) is 0 Å². The Labute approximate surface area is 174 Å². The summed E-state index contributed by atoms with van der Waals surface area (Å²) < 4.78 is 6.71. The number of cyclic esters (lactones) is 1. The van der Waals surface area contributed by atoms with Gasteiger partial charge in [0.25, 0.3) is 5.56 Å². The van der Waals surface area contributed by atoms with Crippen molar-refractivity contribution in [2.45, 2.75) is 42.5 Å². The number of fused-ring (bicyclic) bond motifs is 3. The number of rotatable bonds is 3. The van der Waals surface area contributed by atoms with Gasteiger partial charge in [-0.1, -0.05) is 23.4 Å². The standard InChI is InChI=1S/C20H17ClN2O3S2/c21-11-5-7-12(8-6-11)23-18(24)16-13-3-1-2-4-14(13)27-17(16)22-20(23)28-15-9-10-26-19(15)25/h5-8,15H,1-4,9-10H2/t15-/m0/s1. The Morgan fingerprint density at radius 2 is 1.96 bits per heavy atom. The Hall–Kier alpha value is -1.83. The lowest BCUT2D eigenvalue weighted by molar-refractivity contribution is -0.137. The van der Waals surface area contributed by atoms with Crippen LogP contribution in [0, 0.1) is 0 Å². The van der Waals surface area contributed by atoms with E-state index in [1.165, 1.54) is 16.6 Å². The van der Waals surface area contributed by atoms with Gasteiger partial charge in [0, 0.05) is 16.3 Å². The smallest absolute Gasteiger partial charge is 0.319 e. The fraction of sp³-hybridized carbons (Fsp3) is 0.350.